The topological polar surface area (TPSA) is 89.9 Å². The molecule has 0 spiro atoms. The van der Waals surface area contributed by atoms with Crippen LogP contribution in [0.2, 0.25) is 0 Å². The van der Waals surface area contributed by atoms with Gasteiger partial charge in [-0.05, 0) is 29.0 Å². The average molecular weight is 350 g/mol. The number of carbonyl (C=O) groups excluding carboxylic acids is 3. The van der Waals surface area contributed by atoms with Crippen LogP contribution >= 0.6 is 0 Å². The van der Waals surface area contributed by atoms with Crippen molar-refractivity contribution in [3.05, 3.63) is 71.8 Å². The van der Waals surface area contributed by atoms with Crippen molar-refractivity contribution in [1.82, 2.24) is 0 Å². The second-order valence-electron chi connectivity index (χ2n) is 5.44. The molecule has 6 nitrogen and oxygen atoms in total. The van der Waals surface area contributed by atoms with Crippen LogP contribution in [-0.2, 0) is 14.3 Å². The van der Waals surface area contributed by atoms with Crippen LogP contribution in [0.5, 0.6) is 11.5 Å². The van der Waals surface area contributed by atoms with E-state index in [2.05, 4.69) is 4.74 Å². The summed E-state index contributed by atoms with van der Waals surface area (Å²) in [6.07, 6.45) is 0. The fraction of sp³-hybridized carbons (Fsp3) is 0.0500. The molecular weight excluding hydrogens is 336 g/mol. The molecule has 6 heteroatoms. The largest absolute Gasteiger partial charge is 0.507 e. The summed E-state index contributed by atoms with van der Waals surface area (Å²) in [6.45, 7) is -0.482. The quantitative estimate of drug-likeness (QED) is 0.318. The summed E-state index contributed by atoms with van der Waals surface area (Å²) in [5, 5.41) is 12.1. The summed E-state index contributed by atoms with van der Waals surface area (Å²) >= 11 is 0. The monoisotopic (exact) mass is 350 g/mol. The average Bonchev–Trinajstić information content (AvgIpc) is 2.66. The van der Waals surface area contributed by atoms with Crippen LogP contribution in [0.3, 0.4) is 0 Å². The Bertz CT molecular complexity index is 993. The minimum absolute atomic E-state index is 0.00843. The molecule has 0 aliphatic rings. The zero-order valence-electron chi connectivity index (χ0n) is 13.5. The lowest BCUT2D eigenvalue weighted by atomic mass is 9.99. The molecular formula is C20H14O6. The highest BCUT2D eigenvalue weighted by Crippen LogP contribution is 2.27. The van der Waals surface area contributed by atoms with Crippen LogP contribution in [0, 0.1) is 0 Å². The van der Waals surface area contributed by atoms with Gasteiger partial charge in [0.2, 0.25) is 0 Å². The number of hydrogen-bond donors (Lipinski definition) is 1. The molecule has 0 fully saturated rings. The summed E-state index contributed by atoms with van der Waals surface area (Å²) in [6, 6.07) is 17.0. The van der Waals surface area contributed by atoms with Crippen LogP contribution in [0.1, 0.15) is 15.9 Å². The fourth-order valence-electron chi connectivity index (χ4n) is 2.51. The van der Waals surface area contributed by atoms with E-state index >= 15 is 0 Å². The lowest BCUT2D eigenvalue weighted by molar-refractivity contribution is -0.153. The first-order chi connectivity index (χ1) is 12.6. The number of hydrogen-bond acceptors (Lipinski definition) is 6. The van der Waals surface area contributed by atoms with Gasteiger partial charge in [0.25, 0.3) is 0 Å². The maximum absolute atomic E-state index is 12.7. The number of rotatable bonds is 6. The van der Waals surface area contributed by atoms with Crippen molar-refractivity contribution in [2.45, 2.75) is 0 Å². The first-order valence-corrected chi connectivity index (χ1v) is 7.71. The van der Waals surface area contributed by atoms with Crippen molar-refractivity contribution in [3.8, 4) is 11.5 Å². The van der Waals surface area contributed by atoms with E-state index in [9.17, 15) is 19.5 Å². The number of phenols is 1. The van der Waals surface area contributed by atoms with Gasteiger partial charge in [0.05, 0.1) is 5.56 Å². The normalized spacial score (nSPS) is 10.3. The standard InChI is InChI=1S/C20H14O6/c21-12-26-19(23)11-25-16-7-8-17(18(22)10-16)20(24)15-6-5-13-3-1-2-4-14(13)9-15/h1-10,12,22H,11H2. The second kappa shape index (κ2) is 7.48. The molecule has 0 amide bonds. The van der Waals surface area contributed by atoms with E-state index in [0.717, 1.165) is 10.8 Å². The number of fused-ring (bicyclic) bond motifs is 1. The zero-order valence-corrected chi connectivity index (χ0v) is 13.5. The Morgan fingerprint density at radius 3 is 2.46 bits per heavy atom. The molecule has 3 rings (SSSR count). The van der Waals surface area contributed by atoms with E-state index in [4.69, 9.17) is 4.74 Å². The molecule has 0 saturated carbocycles. The van der Waals surface area contributed by atoms with Crippen LogP contribution in [0.25, 0.3) is 10.8 Å². The molecule has 0 aliphatic heterocycles. The van der Waals surface area contributed by atoms with Crippen LogP contribution < -0.4 is 4.74 Å². The number of benzene rings is 3. The van der Waals surface area contributed by atoms with E-state index in [1.165, 1.54) is 18.2 Å². The van der Waals surface area contributed by atoms with Crippen molar-refractivity contribution in [2.75, 3.05) is 6.61 Å². The molecule has 0 saturated heterocycles. The van der Waals surface area contributed by atoms with Crippen molar-refractivity contribution in [3.63, 3.8) is 0 Å². The van der Waals surface area contributed by atoms with Gasteiger partial charge in [-0.3, -0.25) is 9.59 Å². The Kier molecular flexibility index (Phi) is 4.94. The van der Waals surface area contributed by atoms with Gasteiger partial charge in [-0.1, -0.05) is 36.4 Å². The third-order valence-electron chi connectivity index (χ3n) is 3.76. The molecule has 0 unspecified atom stereocenters. The lowest BCUT2D eigenvalue weighted by Gasteiger charge is -2.08. The van der Waals surface area contributed by atoms with Gasteiger partial charge in [-0.15, -0.1) is 0 Å². The summed E-state index contributed by atoms with van der Waals surface area (Å²) < 4.78 is 9.18. The Labute approximate surface area is 148 Å². The second-order valence-corrected chi connectivity index (χ2v) is 5.44. The van der Waals surface area contributed by atoms with Crippen molar-refractivity contribution in [2.24, 2.45) is 0 Å². The molecule has 3 aromatic rings. The maximum atomic E-state index is 12.7. The highest BCUT2D eigenvalue weighted by atomic mass is 16.6. The van der Waals surface area contributed by atoms with Crippen molar-refractivity contribution < 1.29 is 29.0 Å². The maximum Gasteiger partial charge on any atom is 0.351 e. The third-order valence-corrected chi connectivity index (χ3v) is 3.76. The first kappa shape index (κ1) is 17.2. The van der Waals surface area contributed by atoms with E-state index in [0.29, 0.717) is 5.56 Å². The van der Waals surface area contributed by atoms with E-state index in [1.54, 1.807) is 12.1 Å². The number of phenolic OH excluding ortho intramolecular Hbond substituents is 1. The van der Waals surface area contributed by atoms with Gasteiger partial charge in [-0.25, -0.2) is 4.79 Å². The number of aromatic hydroxyl groups is 1. The minimum atomic E-state index is -0.865. The van der Waals surface area contributed by atoms with Gasteiger partial charge in [-0.2, -0.15) is 0 Å². The molecule has 1 N–H and O–H groups in total. The Morgan fingerprint density at radius 1 is 0.962 bits per heavy atom. The number of ketones is 1. The molecule has 0 bridgehead atoms. The molecule has 26 heavy (non-hydrogen) atoms. The molecule has 0 aliphatic carbocycles. The summed E-state index contributed by atoms with van der Waals surface area (Å²) in [5.41, 5.74) is 0.560. The minimum Gasteiger partial charge on any atom is -0.507 e. The van der Waals surface area contributed by atoms with Crippen molar-refractivity contribution >= 4 is 29.0 Å². The molecule has 0 aromatic heterocycles. The molecule has 130 valence electrons. The first-order valence-electron chi connectivity index (χ1n) is 7.71. The summed E-state index contributed by atoms with van der Waals surface area (Å²) in [5.74, 6) is -1.30. The van der Waals surface area contributed by atoms with Gasteiger partial charge in [0.15, 0.2) is 12.4 Å². The predicted molar refractivity (Wildman–Crippen MR) is 93.1 cm³/mol. The summed E-state index contributed by atoms with van der Waals surface area (Å²) in [4.78, 5) is 33.8. The molecule has 3 aromatic carbocycles. The Balaban J connectivity index is 1.80. The number of esters is 1. The smallest absolute Gasteiger partial charge is 0.351 e. The highest BCUT2D eigenvalue weighted by Gasteiger charge is 2.15. The molecule has 0 heterocycles. The zero-order chi connectivity index (χ0) is 18.5. The Morgan fingerprint density at radius 2 is 1.73 bits per heavy atom. The predicted octanol–water partition coefficient (Wildman–Crippen LogP) is 2.85. The van der Waals surface area contributed by atoms with E-state index in [-0.39, 0.29) is 29.3 Å². The fourth-order valence-corrected chi connectivity index (χ4v) is 2.51. The van der Waals surface area contributed by atoms with E-state index in [1.807, 2.05) is 30.3 Å². The Hall–Kier alpha value is -3.67. The van der Waals surface area contributed by atoms with Crippen molar-refractivity contribution in [1.29, 1.82) is 0 Å². The van der Waals surface area contributed by atoms with Crippen LogP contribution in [0.15, 0.2) is 60.7 Å². The van der Waals surface area contributed by atoms with Crippen LogP contribution in [0.4, 0.5) is 0 Å². The summed E-state index contributed by atoms with van der Waals surface area (Å²) in [7, 11) is 0. The lowest BCUT2D eigenvalue weighted by Crippen LogP contribution is -2.14. The highest BCUT2D eigenvalue weighted by molar-refractivity contribution is 6.12. The van der Waals surface area contributed by atoms with Crippen LogP contribution in [-0.4, -0.2) is 29.9 Å². The van der Waals surface area contributed by atoms with Gasteiger partial charge in [0.1, 0.15) is 11.5 Å². The van der Waals surface area contributed by atoms with Gasteiger partial charge < -0.3 is 14.6 Å². The molecule has 0 radical (unpaired) electrons. The molecule has 0 atom stereocenters. The SMILES string of the molecule is O=COC(=O)COc1ccc(C(=O)c2ccc3ccccc3c2)c(O)c1. The van der Waals surface area contributed by atoms with Gasteiger partial charge >= 0.3 is 12.4 Å². The van der Waals surface area contributed by atoms with E-state index < -0.39 is 12.6 Å². The number of carbonyl (C=O) groups is 3. The van der Waals surface area contributed by atoms with Gasteiger partial charge in [0, 0.05) is 11.6 Å². The number of ether oxygens (including phenoxy) is 2. The third kappa shape index (κ3) is 3.70.